The van der Waals surface area contributed by atoms with Crippen LogP contribution in [0.2, 0.25) is 0 Å². The number of rotatable bonds is 4. The van der Waals surface area contributed by atoms with Gasteiger partial charge in [-0.15, -0.1) is 0 Å². The summed E-state index contributed by atoms with van der Waals surface area (Å²) in [7, 11) is -3.52. The molecule has 0 heterocycles. The second kappa shape index (κ2) is 4.12. The fraction of sp³-hybridized carbons (Fsp3) is 0.364. The molecule has 1 aliphatic carbocycles. The van der Waals surface area contributed by atoms with Gasteiger partial charge in [-0.05, 0) is 36.6 Å². The van der Waals surface area contributed by atoms with Gasteiger partial charge in [0.2, 0.25) is 10.0 Å². The van der Waals surface area contributed by atoms with E-state index < -0.39 is 16.0 Å². The van der Waals surface area contributed by atoms with Gasteiger partial charge in [-0.25, -0.2) is 17.9 Å². The molecule has 1 saturated carbocycles. The van der Waals surface area contributed by atoms with Crippen LogP contribution in [0.5, 0.6) is 0 Å². The van der Waals surface area contributed by atoms with Gasteiger partial charge in [0, 0.05) is 6.04 Å². The molecule has 17 heavy (non-hydrogen) atoms. The van der Waals surface area contributed by atoms with Crippen LogP contribution in [0.3, 0.4) is 0 Å². The van der Waals surface area contributed by atoms with Crippen molar-refractivity contribution in [3.05, 3.63) is 29.8 Å². The normalized spacial score (nSPS) is 23.4. The molecule has 2 unspecified atom stereocenters. The summed E-state index contributed by atoms with van der Waals surface area (Å²) in [5.41, 5.74) is 0.0729. The lowest BCUT2D eigenvalue weighted by Crippen LogP contribution is -2.26. The number of hydrogen-bond acceptors (Lipinski definition) is 3. The fourth-order valence-corrected chi connectivity index (χ4v) is 2.89. The van der Waals surface area contributed by atoms with Gasteiger partial charge in [0.25, 0.3) is 0 Å². The monoisotopic (exact) mass is 255 g/mol. The Hall–Kier alpha value is -1.40. The molecule has 0 radical (unpaired) electrons. The number of hydrogen-bond donors (Lipinski definition) is 2. The maximum absolute atomic E-state index is 11.9. The van der Waals surface area contributed by atoms with Crippen molar-refractivity contribution < 1.29 is 18.3 Å². The number of nitrogens with one attached hydrogen (secondary N) is 1. The first-order valence-electron chi connectivity index (χ1n) is 5.26. The molecule has 2 rings (SSSR count). The lowest BCUT2D eigenvalue weighted by atomic mass is 10.2. The van der Waals surface area contributed by atoms with Crippen LogP contribution in [0.1, 0.15) is 23.7 Å². The van der Waals surface area contributed by atoms with E-state index in [2.05, 4.69) is 4.72 Å². The standard InChI is InChI=1S/C11H13NO4S/c1-7-6-10(7)12-17(15,16)9-4-2-8(3-5-9)11(13)14/h2-5,7,10,12H,6H2,1H3,(H,13,14). The molecule has 5 nitrogen and oxygen atoms in total. The molecule has 0 bridgehead atoms. The topological polar surface area (TPSA) is 83.5 Å². The average molecular weight is 255 g/mol. The number of carboxylic acid groups (broad SMARTS) is 1. The molecule has 6 heteroatoms. The summed E-state index contributed by atoms with van der Waals surface area (Å²) in [4.78, 5) is 10.7. The summed E-state index contributed by atoms with van der Waals surface area (Å²) in [6, 6.07) is 5.19. The Bertz CT molecular complexity index is 535. The maximum atomic E-state index is 11.9. The van der Waals surface area contributed by atoms with Crippen molar-refractivity contribution in [2.24, 2.45) is 5.92 Å². The third kappa shape index (κ3) is 2.65. The van der Waals surface area contributed by atoms with Crippen LogP contribution >= 0.6 is 0 Å². The Morgan fingerprint density at radius 1 is 1.35 bits per heavy atom. The molecule has 1 fully saturated rings. The van der Waals surface area contributed by atoms with Crippen LogP contribution in [0.25, 0.3) is 0 Å². The van der Waals surface area contributed by atoms with Crippen molar-refractivity contribution in [1.29, 1.82) is 0 Å². The molecule has 1 aromatic rings. The van der Waals surface area contributed by atoms with Gasteiger partial charge in [0.05, 0.1) is 10.5 Å². The minimum absolute atomic E-state index is 0.0131. The number of benzene rings is 1. The van der Waals surface area contributed by atoms with Gasteiger partial charge in [-0.1, -0.05) is 6.92 Å². The summed E-state index contributed by atoms with van der Waals surface area (Å²) >= 11 is 0. The molecule has 0 spiro atoms. The highest BCUT2D eigenvalue weighted by atomic mass is 32.2. The molecule has 1 aliphatic rings. The van der Waals surface area contributed by atoms with E-state index >= 15 is 0 Å². The predicted molar refractivity (Wildman–Crippen MR) is 61.3 cm³/mol. The van der Waals surface area contributed by atoms with Gasteiger partial charge in [0.1, 0.15) is 0 Å². The van der Waals surface area contributed by atoms with E-state index in [1.807, 2.05) is 6.92 Å². The summed E-state index contributed by atoms with van der Waals surface area (Å²) in [5, 5.41) is 8.70. The van der Waals surface area contributed by atoms with E-state index in [9.17, 15) is 13.2 Å². The van der Waals surface area contributed by atoms with E-state index in [1.165, 1.54) is 24.3 Å². The molecule has 92 valence electrons. The highest BCUT2D eigenvalue weighted by Gasteiger charge is 2.36. The second-order valence-electron chi connectivity index (χ2n) is 4.27. The van der Waals surface area contributed by atoms with Crippen LogP contribution in [0.4, 0.5) is 0 Å². The molecule has 0 amide bonds. The second-order valence-corrected chi connectivity index (χ2v) is 5.98. The average Bonchev–Trinajstić information content (AvgIpc) is 2.93. The number of sulfonamides is 1. The van der Waals surface area contributed by atoms with Crippen LogP contribution in [0, 0.1) is 5.92 Å². The van der Waals surface area contributed by atoms with E-state index in [0.29, 0.717) is 5.92 Å². The van der Waals surface area contributed by atoms with Gasteiger partial charge >= 0.3 is 5.97 Å². The quantitative estimate of drug-likeness (QED) is 0.843. The third-order valence-electron chi connectivity index (χ3n) is 2.83. The van der Waals surface area contributed by atoms with E-state index in [0.717, 1.165) is 6.42 Å². The zero-order valence-electron chi connectivity index (χ0n) is 9.25. The molecule has 0 aliphatic heterocycles. The first kappa shape index (κ1) is 12.1. The summed E-state index contributed by atoms with van der Waals surface area (Å²) < 4.78 is 26.3. The number of carboxylic acids is 1. The smallest absolute Gasteiger partial charge is 0.335 e. The molecular formula is C11H13NO4S. The molecule has 2 atom stereocenters. The van der Waals surface area contributed by atoms with Gasteiger partial charge in [-0.2, -0.15) is 0 Å². The molecule has 0 aromatic heterocycles. The fourth-order valence-electron chi connectivity index (χ4n) is 1.53. The van der Waals surface area contributed by atoms with Crippen LogP contribution in [-0.2, 0) is 10.0 Å². The lowest BCUT2D eigenvalue weighted by Gasteiger charge is -2.05. The Labute approximate surface area is 99.5 Å². The van der Waals surface area contributed by atoms with Crippen LogP contribution in [0.15, 0.2) is 29.2 Å². The van der Waals surface area contributed by atoms with Gasteiger partial charge < -0.3 is 5.11 Å². The van der Waals surface area contributed by atoms with E-state index in [1.54, 1.807) is 0 Å². The summed E-state index contributed by atoms with van der Waals surface area (Å²) in [6.45, 7) is 1.97. The Kier molecular flexibility index (Phi) is 2.92. The van der Waals surface area contributed by atoms with Gasteiger partial charge in [-0.3, -0.25) is 0 Å². The van der Waals surface area contributed by atoms with Crippen molar-refractivity contribution in [2.45, 2.75) is 24.3 Å². The predicted octanol–water partition coefficient (Wildman–Crippen LogP) is 1.07. The Morgan fingerprint density at radius 3 is 2.29 bits per heavy atom. The summed E-state index contributed by atoms with van der Waals surface area (Å²) in [5.74, 6) is -0.694. The molecule has 0 saturated heterocycles. The minimum Gasteiger partial charge on any atom is -0.478 e. The minimum atomic E-state index is -3.52. The van der Waals surface area contributed by atoms with Crippen LogP contribution < -0.4 is 4.72 Å². The van der Waals surface area contributed by atoms with E-state index in [4.69, 9.17) is 5.11 Å². The zero-order valence-corrected chi connectivity index (χ0v) is 10.1. The van der Waals surface area contributed by atoms with Crippen molar-refractivity contribution in [3.63, 3.8) is 0 Å². The largest absolute Gasteiger partial charge is 0.478 e. The lowest BCUT2D eigenvalue weighted by molar-refractivity contribution is 0.0697. The van der Waals surface area contributed by atoms with Crippen molar-refractivity contribution in [2.75, 3.05) is 0 Å². The highest BCUT2D eigenvalue weighted by molar-refractivity contribution is 7.89. The Morgan fingerprint density at radius 2 is 1.88 bits per heavy atom. The number of carbonyl (C=O) groups is 1. The maximum Gasteiger partial charge on any atom is 0.335 e. The molecule has 2 N–H and O–H groups in total. The van der Waals surface area contributed by atoms with Crippen molar-refractivity contribution in [1.82, 2.24) is 4.72 Å². The van der Waals surface area contributed by atoms with Crippen molar-refractivity contribution >= 4 is 16.0 Å². The first-order valence-corrected chi connectivity index (χ1v) is 6.74. The molecule has 1 aromatic carbocycles. The van der Waals surface area contributed by atoms with Gasteiger partial charge in [0.15, 0.2) is 0 Å². The molecular weight excluding hydrogens is 242 g/mol. The number of aromatic carboxylic acids is 1. The third-order valence-corrected chi connectivity index (χ3v) is 4.33. The van der Waals surface area contributed by atoms with E-state index in [-0.39, 0.29) is 16.5 Å². The zero-order chi connectivity index (χ0) is 12.6. The SMILES string of the molecule is CC1CC1NS(=O)(=O)c1ccc(C(=O)O)cc1. The first-order chi connectivity index (χ1) is 7.90. The summed E-state index contributed by atoms with van der Waals surface area (Å²) in [6.07, 6.45) is 0.854. The van der Waals surface area contributed by atoms with Crippen LogP contribution in [-0.4, -0.2) is 25.5 Å². The highest BCUT2D eigenvalue weighted by Crippen LogP contribution is 2.30. The van der Waals surface area contributed by atoms with Crippen molar-refractivity contribution in [3.8, 4) is 0 Å². The Balaban J connectivity index is 2.18.